The molecule has 1 aliphatic heterocycles. The number of anilines is 2. The van der Waals surface area contributed by atoms with E-state index >= 15 is 0 Å². The van der Waals surface area contributed by atoms with Crippen molar-refractivity contribution in [2.45, 2.75) is 53.0 Å². The van der Waals surface area contributed by atoms with Crippen molar-refractivity contribution in [2.75, 3.05) is 50.1 Å². The standard InChI is InChI=1S/C33H43N7O2/c1-5-7-10-25(6-2)21-34-30-29-31(40(23-35-29)22-26-11-8-9-24(3)20-26)37-33(36-30)39-18-16-38(17-19-39)32(41)27-12-14-28(42-4)15-13-27/h8-9,11-15,20,23,25H,5-7,10,16-19,21-22H2,1-4H3,(H,34,36,37). The largest absolute Gasteiger partial charge is 0.497 e. The van der Waals surface area contributed by atoms with Gasteiger partial charge in [-0.2, -0.15) is 9.97 Å². The van der Waals surface area contributed by atoms with Crippen LogP contribution in [0, 0.1) is 12.8 Å². The Hall–Kier alpha value is -4.14. The summed E-state index contributed by atoms with van der Waals surface area (Å²) in [4.78, 5) is 32.0. The molecule has 1 N–H and O–H groups in total. The van der Waals surface area contributed by atoms with Gasteiger partial charge < -0.3 is 24.4 Å². The number of hydrogen-bond acceptors (Lipinski definition) is 7. The predicted molar refractivity (Wildman–Crippen MR) is 169 cm³/mol. The number of nitrogens with one attached hydrogen (secondary N) is 1. The number of unbranched alkanes of at least 4 members (excludes halogenated alkanes) is 1. The lowest BCUT2D eigenvalue weighted by Gasteiger charge is -2.35. The molecule has 3 heterocycles. The number of nitrogens with zero attached hydrogens (tertiary/aromatic N) is 6. The highest BCUT2D eigenvalue weighted by Crippen LogP contribution is 2.26. The number of carbonyl (C=O) groups excluding carboxylic acids is 1. The molecule has 0 bridgehead atoms. The van der Waals surface area contributed by atoms with Crippen molar-refractivity contribution in [3.8, 4) is 5.75 Å². The van der Waals surface area contributed by atoms with E-state index in [-0.39, 0.29) is 5.91 Å². The highest BCUT2D eigenvalue weighted by Gasteiger charge is 2.25. The number of benzene rings is 2. The maximum Gasteiger partial charge on any atom is 0.253 e. The summed E-state index contributed by atoms with van der Waals surface area (Å²) in [5.74, 6) is 2.81. The number of aromatic nitrogens is 4. The summed E-state index contributed by atoms with van der Waals surface area (Å²) in [6.07, 6.45) is 6.63. The average molecular weight is 570 g/mol. The molecule has 1 saturated heterocycles. The Morgan fingerprint density at radius 2 is 1.83 bits per heavy atom. The first-order chi connectivity index (χ1) is 20.5. The number of aryl methyl sites for hydroxylation is 1. The molecule has 9 heteroatoms. The maximum atomic E-state index is 13.1. The molecular weight excluding hydrogens is 526 g/mol. The minimum absolute atomic E-state index is 0.0324. The fourth-order valence-corrected chi connectivity index (χ4v) is 5.53. The molecule has 1 amide bonds. The molecule has 0 spiro atoms. The van der Waals surface area contributed by atoms with Crippen LogP contribution in [0.1, 0.15) is 61.0 Å². The highest BCUT2D eigenvalue weighted by molar-refractivity contribution is 5.94. The van der Waals surface area contributed by atoms with E-state index < -0.39 is 0 Å². The van der Waals surface area contributed by atoms with Crippen molar-refractivity contribution in [2.24, 2.45) is 5.92 Å². The normalized spacial score (nSPS) is 14.3. The number of piperazine rings is 1. The van der Waals surface area contributed by atoms with Gasteiger partial charge in [-0.1, -0.05) is 62.9 Å². The zero-order chi connectivity index (χ0) is 29.5. The third-order valence-electron chi connectivity index (χ3n) is 8.18. The first kappa shape index (κ1) is 29.4. The number of amides is 1. The summed E-state index contributed by atoms with van der Waals surface area (Å²) >= 11 is 0. The van der Waals surface area contributed by atoms with E-state index in [4.69, 9.17) is 19.7 Å². The van der Waals surface area contributed by atoms with Gasteiger partial charge in [0.2, 0.25) is 5.95 Å². The van der Waals surface area contributed by atoms with E-state index in [0.717, 1.165) is 35.7 Å². The van der Waals surface area contributed by atoms with Gasteiger partial charge in [-0.3, -0.25) is 4.79 Å². The second-order valence-electron chi connectivity index (χ2n) is 11.2. The van der Waals surface area contributed by atoms with Crippen LogP contribution in [0.2, 0.25) is 0 Å². The van der Waals surface area contributed by atoms with E-state index in [1.807, 2.05) is 35.5 Å². The number of imidazole rings is 1. The lowest BCUT2D eigenvalue weighted by atomic mass is 9.99. The Morgan fingerprint density at radius 1 is 1.05 bits per heavy atom. The number of rotatable bonds is 12. The van der Waals surface area contributed by atoms with E-state index in [1.54, 1.807) is 7.11 Å². The smallest absolute Gasteiger partial charge is 0.253 e. The molecule has 0 saturated carbocycles. The van der Waals surface area contributed by atoms with E-state index in [2.05, 4.69) is 59.8 Å². The number of ether oxygens (including phenoxy) is 1. The topological polar surface area (TPSA) is 88.4 Å². The first-order valence-electron chi connectivity index (χ1n) is 15.2. The Morgan fingerprint density at radius 3 is 2.52 bits per heavy atom. The Bertz CT molecular complexity index is 1480. The molecule has 2 aromatic heterocycles. The van der Waals surface area contributed by atoms with Gasteiger partial charge in [-0.05, 0) is 49.1 Å². The molecule has 0 radical (unpaired) electrons. The molecule has 1 unspecified atom stereocenters. The molecule has 1 fully saturated rings. The van der Waals surface area contributed by atoms with E-state index in [9.17, 15) is 4.79 Å². The van der Waals surface area contributed by atoms with Crippen molar-refractivity contribution < 1.29 is 9.53 Å². The second kappa shape index (κ2) is 13.7. The molecule has 42 heavy (non-hydrogen) atoms. The van der Waals surface area contributed by atoms with Crippen LogP contribution in [0.25, 0.3) is 11.2 Å². The number of carbonyl (C=O) groups is 1. The lowest BCUT2D eigenvalue weighted by Crippen LogP contribution is -2.49. The second-order valence-corrected chi connectivity index (χ2v) is 11.2. The fourth-order valence-electron chi connectivity index (χ4n) is 5.53. The van der Waals surface area contributed by atoms with Gasteiger partial charge >= 0.3 is 0 Å². The molecule has 222 valence electrons. The summed E-state index contributed by atoms with van der Waals surface area (Å²) < 4.78 is 7.35. The molecule has 2 aromatic carbocycles. The number of hydrogen-bond donors (Lipinski definition) is 1. The Labute approximate surface area is 248 Å². The SMILES string of the molecule is CCCCC(CC)CNc1nc(N2CCN(C(=O)c3ccc(OC)cc3)CC2)nc2c1ncn2Cc1cccc(C)c1. The van der Waals surface area contributed by atoms with Crippen molar-refractivity contribution in [1.82, 2.24) is 24.4 Å². The minimum Gasteiger partial charge on any atom is -0.497 e. The van der Waals surface area contributed by atoms with Gasteiger partial charge in [0, 0.05) is 38.3 Å². The van der Waals surface area contributed by atoms with Crippen LogP contribution < -0.4 is 15.0 Å². The summed E-state index contributed by atoms with van der Waals surface area (Å²) in [6, 6.07) is 15.8. The molecule has 9 nitrogen and oxygen atoms in total. The monoisotopic (exact) mass is 569 g/mol. The van der Waals surface area contributed by atoms with Gasteiger partial charge in [0.25, 0.3) is 5.91 Å². The number of fused-ring (bicyclic) bond motifs is 1. The lowest BCUT2D eigenvalue weighted by molar-refractivity contribution is 0.0746. The zero-order valence-electron chi connectivity index (χ0n) is 25.3. The van der Waals surface area contributed by atoms with Gasteiger partial charge in [0.1, 0.15) is 5.75 Å². The van der Waals surface area contributed by atoms with Crippen molar-refractivity contribution in [3.63, 3.8) is 0 Å². The molecule has 1 atom stereocenters. The molecular formula is C33H43N7O2. The van der Waals surface area contributed by atoms with Gasteiger partial charge in [-0.25, -0.2) is 4.98 Å². The van der Waals surface area contributed by atoms with Crippen LogP contribution in [-0.2, 0) is 6.54 Å². The molecule has 5 rings (SSSR count). The third-order valence-corrected chi connectivity index (χ3v) is 8.18. The van der Waals surface area contributed by atoms with Crippen molar-refractivity contribution >= 4 is 28.8 Å². The summed E-state index contributed by atoms with van der Waals surface area (Å²) in [6.45, 7) is 10.7. The van der Waals surface area contributed by atoms with Crippen LogP contribution in [0.5, 0.6) is 5.75 Å². The fraction of sp³-hybridized carbons (Fsp3) is 0.455. The summed E-state index contributed by atoms with van der Waals surface area (Å²) in [5, 5.41) is 3.64. The summed E-state index contributed by atoms with van der Waals surface area (Å²) in [7, 11) is 1.63. The quantitative estimate of drug-likeness (QED) is 0.231. The van der Waals surface area contributed by atoms with Gasteiger partial charge in [-0.15, -0.1) is 0 Å². The first-order valence-corrected chi connectivity index (χ1v) is 15.2. The Kier molecular flexibility index (Phi) is 9.56. The van der Waals surface area contributed by atoms with Crippen molar-refractivity contribution in [3.05, 3.63) is 71.5 Å². The van der Waals surface area contributed by atoms with Crippen LogP contribution >= 0.6 is 0 Å². The van der Waals surface area contributed by atoms with Gasteiger partial charge in [0.05, 0.1) is 20.0 Å². The average Bonchev–Trinajstić information content (AvgIpc) is 3.43. The third kappa shape index (κ3) is 6.83. The van der Waals surface area contributed by atoms with Crippen LogP contribution in [0.3, 0.4) is 0 Å². The number of methoxy groups -OCH3 is 1. The minimum atomic E-state index is 0.0324. The van der Waals surface area contributed by atoms with Crippen LogP contribution in [0.15, 0.2) is 54.9 Å². The highest BCUT2D eigenvalue weighted by atomic mass is 16.5. The predicted octanol–water partition coefficient (Wildman–Crippen LogP) is 5.78. The maximum absolute atomic E-state index is 13.1. The molecule has 0 aliphatic carbocycles. The molecule has 4 aromatic rings. The molecule has 1 aliphatic rings. The van der Waals surface area contributed by atoms with E-state index in [1.165, 1.54) is 30.4 Å². The van der Waals surface area contributed by atoms with E-state index in [0.29, 0.717) is 50.2 Å². The zero-order valence-corrected chi connectivity index (χ0v) is 25.3. The Balaban J connectivity index is 1.37. The van der Waals surface area contributed by atoms with Crippen molar-refractivity contribution in [1.29, 1.82) is 0 Å². The van der Waals surface area contributed by atoms with Crippen LogP contribution in [-0.4, -0.2) is 70.2 Å². The van der Waals surface area contributed by atoms with Crippen LogP contribution in [0.4, 0.5) is 11.8 Å². The van der Waals surface area contributed by atoms with Gasteiger partial charge in [0.15, 0.2) is 17.0 Å². The summed E-state index contributed by atoms with van der Waals surface area (Å²) in [5.41, 5.74) is 4.73.